The molecule has 0 bridgehead atoms. The summed E-state index contributed by atoms with van der Waals surface area (Å²) in [5.74, 6) is 1.11. The number of likely N-dealkylation sites (tertiary alicyclic amines) is 2. The van der Waals surface area contributed by atoms with Crippen LogP contribution in [-0.2, 0) is 0 Å². The number of rotatable bonds is 6. The number of fused-ring (bicyclic) bond motifs is 1. The number of hydrogen-bond acceptors (Lipinski definition) is 4. The Morgan fingerprint density at radius 1 is 1.00 bits per heavy atom. The van der Waals surface area contributed by atoms with Crippen molar-refractivity contribution >= 4 is 12.0 Å². The second-order valence-corrected chi connectivity index (χ2v) is 9.86. The number of benzene rings is 1. The standard InChI is InChI=1S/C24H30N4O3.C3H6/c1-16-6-5-7-17(2)22(16)23(29)28-14-18-12-27(13-19(18)15-28)11-9-21(26-24(30)31)20-8-3-4-10-25-20;1-2-3-1/h3-8,10,18-19,21,26H,9,11-15H2,1-2H3,(H,30,31);1-3H2/t18-,19?,21?;/m0./s1. The fourth-order valence-electron chi connectivity index (χ4n) is 5.09. The van der Waals surface area contributed by atoms with Gasteiger partial charge in [0.25, 0.3) is 5.91 Å². The van der Waals surface area contributed by atoms with E-state index >= 15 is 0 Å². The monoisotopic (exact) mass is 464 g/mol. The molecule has 2 saturated heterocycles. The minimum Gasteiger partial charge on any atom is -0.465 e. The van der Waals surface area contributed by atoms with Crippen molar-refractivity contribution in [3.05, 3.63) is 65.0 Å². The predicted octanol–water partition coefficient (Wildman–Crippen LogP) is 4.27. The predicted molar refractivity (Wildman–Crippen MR) is 132 cm³/mol. The van der Waals surface area contributed by atoms with Gasteiger partial charge >= 0.3 is 6.09 Å². The maximum absolute atomic E-state index is 13.1. The molecule has 3 atom stereocenters. The van der Waals surface area contributed by atoms with Crippen molar-refractivity contribution in [2.45, 2.75) is 45.6 Å². The average Bonchev–Trinajstić information content (AvgIpc) is 3.57. The number of nitrogens with one attached hydrogen (secondary N) is 1. The normalized spacial score (nSPS) is 21.9. The molecule has 1 aromatic carbocycles. The van der Waals surface area contributed by atoms with E-state index in [9.17, 15) is 14.7 Å². The molecule has 1 aliphatic carbocycles. The molecule has 2 aliphatic heterocycles. The van der Waals surface area contributed by atoms with Gasteiger partial charge in [-0.25, -0.2) is 4.79 Å². The van der Waals surface area contributed by atoms with Gasteiger partial charge in [-0.2, -0.15) is 0 Å². The van der Waals surface area contributed by atoms with Crippen LogP contribution < -0.4 is 5.32 Å². The number of aromatic nitrogens is 1. The van der Waals surface area contributed by atoms with E-state index < -0.39 is 6.09 Å². The van der Waals surface area contributed by atoms with Gasteiger partial charge in [0.15, 0.2) is 0 Å². The molecule has 3 fully saturated rings. The molecule has 0 radical (unpaired) electrons. The third kappa shape index (κ3) is 6.14. The lowest BCUT2D eigenvalue weighted by atomic mass is 10.0. The summed E-state index contributed by atoms with van der Waals surface area (Å²) in [6.45, 7) is 8.30. The van der Waals surface area contributed by atoms with Crippen LogP contribution in [0.3, 0.4) is 0 Å². The van der Waals surface area contributed by atoms with E-state index in [1.807, 2.05) is 55.1 Å². The first-order valence-corrected chi connectivity index (χ1v) is 12.4. The van der Waals surface area contributed by atoms with Gasteiger partial charge in [-0.05, 0) is 55.4 Å². The van der Waals surface area contributed by atoms with Gasteiger partial charge in [0.05, 0.1) is 11.7 Å². The highest BCUT2D eigenvalue weighted by molar-refractivity contribution is 5.97. The lowest BCUT2D eigenvalue weighted by Gasteiger charge is -2.24. The summed E-state index contributed by atoms with van der Waals surface area (Å²) in [4.78, 5) is 33.1. The van der Waals surface area contributed by atoms with Gasteiger partial charge in [-0.3, -0.25) is 9.78 Å². The molecule has 5 rings (SSSR count). The van der Waals surface area contributed by atoms with Crippen molar-refractivity contribution in [3.8, 4) is 0 Å². The first kappa shape index (κ1) is 24.2. The first-order chi connectivity index (χ1) is 16.4. The molecular formula is C27H36N4O3. The highest BCUT2D eigenvalue weighted by Gasteiger charge is 2.42. The summed E-state index contributed by atoms with van der Waals surface area (Å²) in [6, 6.07) is 11.2. The molecule has 2 aromatic rings. The van der Waals surface area contributed by atoms with E-state index in [0.717, 1.165) is 55.1 Å². The molecule has 2 unspecified atom stereocenters. The van der Waals surface area contributed by atoms with Gasteiger partial charge < -0.3 is 20.2 Å². The quantitative estimate of drug-likeness (QED) is 0.667. The van der Waals surface area contributed by atoms with Crippen molar-refractivity contribution in [2.75, 3.05) is 32.7 Å². The van der Waals surface area contributed by atoms with Crippen LogP contribution in [0.25, 0.3) is 0 Å². The van der Waals surface area contributed by atoms with E-state index in [2.05, 4.69) is 15.2 Å². The van der Waals surface area contributed by atoms with Gasteiger partial charge in [0, 0.05) is 44.5 Å². The minimum absolute atomic E-state index is 0.150. The number of pyridine rings is 1. The van der Waals surface area contributed by atoms with Crippen molar-refractivity contribution in [3.63, 3.8) is 0 Å². The van der Waals surface area contributed by atoms with Crippen LogP contribution in [-0.4, -0.2) is 64.6 Å². The van der Waals surface area contributed by atoms with E-state index in [4.69, 9.17) is 0 Å². The van der Waals surface area contributed by atoms with Crippen LogP contribution in [0.2, 0.25) is 0 Å². The lowest BCUT2D eigenvalue weighted by molar-refractivity contribution is 0.0772. The molecule has 3 aliphatic rings. The Balaban J connectivity index is 0.000000846. The van der Waals surface area contributed by atoms with Crippen molar-refractivity contribution in [1.29, 1.82) is 0 Å². The highest BCUT2D eigenvalue weighted by Crippen LogP contribution is 2.33. The SMILES string of the molecule is C1CC1.Cc1cccc(C)c1C(=O)N1CC2CN(CCC(NC(=O)O)c3ccccn3)C[C@H]2C1. The van der Waals surface area contributed by atoms with Gasteiger partial charge in [-0.15, -0.1) is 0 Å². The summed E-state index contributed by atoms with van der Waals surface area (Å²) in [6.07, 6.45) is 5.83. The highest BCUT2D eigenvalue weighted by atomic mass is 16.4. The number of hydrogen-bond donors (Lipinski definition) is 2. The molecule has 1 aromatic heterocycles. The number of carbonyl (C=O) groups is 2. The molecule has 0 spiro atoms. The summed E-state index contributed by atoms with van der Waals surface area (Å²) < 4.78 is 0. The fraction of sp³-hybridized carbons (Fsp3) is 0.519. The molecule has 182 valence electrons. The average molecular weight is 465 g/mol. The Morgan fingerprint density at radius 3 is 2.18 bits per heavy atom. The molecule has 7 heteroatoms. The molecule has 1 saturated carbocycles. The number of aryl methyl sites for hydroxylation is 2. The molecule has 2 N–H and O–H groups in total. The molecule has 34 heavy (non-hydrogen) atoms. The number of carbonyl (C=O) groups excluding carboxylic acids is 1. The van der Waals surface area contributed by atoms with E-state index in [1.165, 1.54) is 19.3 Å². The van der Waals surface area contributed by atoms with Gasteiger partial charge in [0.1, 0.15) is 0 Å². The van der Waals surface area contributed by atoms with Gasteiger partial charge in [0.2, 0.25) is 0 Å². The second kappa shape index (κ2) is 11.0. The summed E-state index contributed by atoms with van der Waals surface area (Å²) in [5, 5.41) is 11.8. The van der Waals surface area contributed by atoms with Crippen LogP contribution in [0.5, 0.6) is 0 Å². The zero-order chi connectivity index (χ0) is 24.1. The smallest absolute Gasteiger partial charge is 0.405 e. The lowest BCUT2D eigenvalue weighted by Crippen LogP contribution is -2.35. The van der Waals surface area contributed by atoms with Crippen molar-refractivity contribution in [2.24, 2.45) is 11.8 Å². The molecular weight excluding hydrogens is 428 g/mol. The number of amides is 2. The number of carboxylic acid groups (broad SMARTS) is 1. The molecule has 3 heterocycles. The minimum atomic E-state index is -1.03. The molecule has 2 amide bonds. The Morgan fingerprint density at radius 2 is 1.65 bits per heavy atom. The Labute approximate surface area is 202 Å². The first-order valence-electron chi connectivity index (χ1n) is 12.4. The molecule has 7 nitrogen and oxygen atoms in total. The van der Waals surface area contributed by atoms with E-state index in [1.54, 1.807) is 6.20 Å². The maximum Gasteiger partial charge on any atom is 0.405 e. The second-order valence-electron chi connectivity index (χ2n) is 9.86. The van der Waals surface area contributed by atoms with Crippen molar-refractivity contribution < 1.29 is 14.7 Å². The maximum atomic E-state index is 13.1. The van der Waals surface area contributed by atoms with Crippen LogP contribution >= 0.6 is 0 Å². The van der Waals surface area contributed by atoms with Gasteiger partial charge in [-0.1, -0.05) is 43.5 Å². The largest absolute Gasteiger partial charge is 0.465 e. The van der Waals surface area contributed by atoms with E-state index in [-0.39, 0.29) is 11.9 Å². The third-order valence-electron chi connectivity index (χ3n) is 6.97. The Bertz CT molecular complexity index is 958. The summed E-state index contributed by atoms with van der Waals surface area (Å²) in [7, 11) is 0. The Kier molecular flexibility index (Phi) is 7.83. The Hall–Kier alpha value is -2.93. The zero-order valence-electron chi connectivity index (χ0n) is 20.2. The van der Waals surface area contributed by atoms with Crippen LogP contribution in [0.15, 0.2) is 42.6 Å². The van der Waals surface area contributed by atoms with Crippen LogP contribution in [0, 0.1) is 25.7 Å². The zero-order valence-corrected chi connectivity index (χ0v) is 20.2. The fourth-order valence-corrected chi connectivity index (χ4v) is 5.09. The third-order valence-corrected chi connectivity index (χ3v) is 6.97. The summed E-state index contributed by atoms with van der Waals surface area (Å²) in [5.41, 5.74) is 3.66. The van der Waals surface area contributed by atoms with E-state index in [0.29, 0.717) is 18.3 Å². The van der Waals surface area contributed by atoms with Crippen LogP contribution in [0.1, 0.15) is 58.9 Å². The van der Waals surface area contributed by atoms with Crippen molar-refractivity contribution in [1.82, 2.24) is 20.1 Å². The topological polar surface area (TPSA) is 85.8 Å². The van der Waals surface area contributed by atoms with Crippen LogP contribution in [0.4, 0.5) is 4.79 Å². The number of nitrogens with zero attached hydrogens (tertiary/aromatic N) is 3. The summed E-state index contributed by atoms with van der Waals surface area (Å²) >= 11 is 0.